The van der Waals surface area contributed by atoms with E-state index in [0.29, 0.717) is 17.7 Å². The van der Waals surface area contributed by atoms with Crippen LogP contribution in [0.25, 0.3) is 0 Å². The molecule has 0 aliphatic heterocycles. The first-order valence-electron chi connectivity index (χ1n) is 7.74. The van der Waals surface area contributed by atoms with Gasteiger partial charge in [0.05, 0.1) is 6.54 Å². The molecule has 0 fully saturated rings. The van der Waals surface area contributed by atoms with Crippen molar-refractivity contribution in [3.8, 4) is 0 Å². The van der Waals surface area contributed by atoms with E-state index in [2.05, 4.69) is 9.97 Å². The summed E-state index contributed by atoms with van der Waals surface area (Å²) in [6.45, 7) is 0.462. The lowest BCUT2D eigenvalue weighted by atomic mass is 10.1. The van der Waals surface area contributed by atoms with E-state index >= 15 is 0 Å². The van der Waals surface area contributed by atoms with E-state index in [4.69, 9.17) is 0 Å². The van der Waals surface area contributed by atoms with Gasteiger partial charge in [-0.25, -0.2) is 15.1 Å². The van der Waals surface area contributed by atoms with Gasteiger partial charge in [-0.2, -0.15) is 0 Å². The molecule has 0 unspecified atom stereocenters. The average molecular weight is 353 g/mol. The molecule has 0 atom stereocenters. The summed E-state index contributed by atoms with van der Waals surface area (Å²) in [4.78, 5) is 40.7. The molecule has 2 aromatic heterocycles. The zero-order valence-corrected chi connectivity index (χ0v) is 13.6. The van der Waals surface area contributed by atoms with Gasteiger partial charge in [-0.15, -0.1) is 0 Å². The molecule has 0 amide bonds. The monoisotopic (exact) mass is 353 g/mol. The highest BCUT2D eigenvalue weighted by Crippen LogP contribution is 2.05. The van der Waals surface area contributed by atoms with Crippen molar-refractivity contribution in [2.75, 3.05) is 5.43 Å². The Hall–Kier alpha value is -3.75. The lowest BCUT2D eigenvalue weighted by Crippen LogP contribution is -2.22. The first-order chi connectivity index (χ1) is 12.5. The summed E-state index contributed by atoms with van der Waals surface area (Å²) in [6, 6.07) is 12.8. The Morgan fingerprint density at radius 1 is 1.15 bits per heavy atom. The Morgan fingerprint density at radius 3 is 2.58 bits per heavy atom. The standard InChI is InChI=1S/C17H15N5O4/c23-15-9-13(6-7-21(15)11-12-4-2-1-3-5-12)8-14-10-18-17(19-16(14)24)20-22(25)26/h1-7,9-10H,8,11H2,(H2,18,19,20,24). The first-order valence-corrected chi connectivity index (χ1v) is 7.74. The molecule has 9 nitrogen and oxygen atoms in total. The van der Waals surface area contributed by atoms with Gasteiger partial charge in [-0.1, -0.05) is 35.8 Å². The van der Waals surface area contributed by atoms with Crippen molar-refractivity contribution in [1.82, 2.24) is 14.5 Å². The fourth-order valence-electron chi connectivity index (χ4n) is 2.48. The van der Waals surface area contributed by atoms with Crippen LogP contribution in [0.3, 0.4) is 0 Å². The van der Waals surface area contributed by atoms with Gasteiger partial charge in [-0.05, 0) is 17.2 Å². The molecule has 2 N–H and O–H groups in total. The summed E-state index contributed by atoms with van der Waals surface area (Å²) in [7, 11) is 0. The third-order valence-corrected chi connectivity index (χ3v) is 3.72. The van der Waals surface area contributed by atoms with Gasteiger partial charge in [0.15, 0.2) is 5.03 Å². The van der Waals surface area contributed by atoms with Crippen molar-refractivity contribution in [2.45, 2.75) is 13.0 Å². The zero-order chi connectivity index (χ0) is 18.5. The summed E-state index contributed by atoms with van der Waals surface area (Å²) < 4.78 is 1.57. The van der Waals surface area contributed by atoms with Crippen molar-refractivity contribution in [3.63, 3.8) is 0 Å². The number of pyridine rings is 1. The molecular formula is C17H15N5O4. The van der Waals surface area contributed by atoms with E-state index in [-0.39, 0.29) is 17.9 Å². The molecule has 0 saturated carbocycles. The number of H-pyrrole nitrogens is 1. The second kappa shape index (κ2) is 7.43. The highest BCUT2D eigenvalue weighted by molar-refractivity contribution is 5.26. The van der Waals surface area contributed by atoms with E-state index < -0.39 is 10.6 Å². The van der Waals surface area contributed by atoms with Crippen molar-refractivity contribution in [1.29, 1.82) is 0 Å². The van der Waals surface area contributed by atoms with E-state index in [9.17, 15) is 19.7 Å². The Labute approximate surface area is 147 Å². The number of aromatic amines is 1. The lowest BCUT2D eigenvalue weighted by molar-refractivity contribution is -0.446. The molecule has 3 aromatic rings. The molecule has 0 aliphatic rings. The number of hydrogen-bond acceptors (Lipinski definition) is 5. The number of anilines is 1. The molecule has 26 heavy (non-hydrogen) atoms. The van der Waals surface area contributed by atoms with Crippen LogP contribution in [-0.2, 0) is 13.0 Å². The van der Waals surface area contributed by atoms with Crippen molar-refractivity contribution in [2.24, 2.45) is 0 Å². The molecule has 132 valence electrons. The Balaban J connectivity index is 1.77. The fourth-order valence-corrected chi connectivity index (χ4v) is 2.48. The van der Waals surface area contributed by atoms with Crippen LogP contribution in [0.2, 0.25) is 0 Å². The maximum Gasteiger partial charge on any atom is 0.265 e. The number of benzene rings is 1. The molecule has 9 heteroatoms. The van der Waals surface area contributed by atoms with E-state index in [1.54, 1.807) is 22.3 Å². The number of nitrogens with zero attached hydrogens (tertiary/aromatic N) is 3. The van der Waals surface area contributed by atoms with Crippen LogP contribution in [0.1, 0.15) is 16.7 Å². The Bertz CT molecular complexity index is 1040. The molecule has 2 heterocycles. The molecule has 0 radical (unpaired) electrons. The molecule has 0 saturated heterocycles. The highest BCUT2D eigenvalue weighted by atomic mass is 16.7. The van der Waals surface area contributed by atoms with Gasteiger partial charge >= 0.3 is 0 Å². The summed E-state index contributed by atoms with van der Waals surface area (Å²) in [5.74, 6) is -0.248. The minimum Gasteiger partial charge on any atom is -0.311 e. The third kappa shape index (κ3) is 4.20. The van der Waals surface area contributed by atoms with Gasteiger partial charge < -0.3 is 4.57 Å². The smallest absolute Gasteiger partial charge is 0.265 e. The Kier molecular flexibility index (Phi) is 4.88. The van der Waals surface area contributed by atoms with Crippen LogP contribution in [0, 0.1) is 10.1 Å². The predicted molar refractivity (Wildman–Crippen MR) is 94.5 cm³/mol. The maximum absolute atomic E-state index is 12.3. The summed E-state index contributed by atoms with van der Waals surface area (Å²) >= 11 is 0. The van der Waals surface area contributed by atoms with Crippen LogP contribution in [0.15, 0.2) is 64.4 Å². The summed E-state index contributed by atoms with van der Waals surface area (Å²) in [5, 5.41) is 9.54. The van der Waals surface area contributed by atoms with Gasteiger partial charge in [0.1, 0.15) is 0 Å². The topological polar surface area (TPSA) is 123 Å². The van der Waals surface area contributed by atoms with Crippen molar-refractivity contribution in [3.05, 3.63) is 102 Å². The van der Waals surface area contributed by atoms with Crippen LogP contribution in [-0.4, -0.2) is 19.6 Å². The van der Waals surface area contributed by atoms with Crippen LogP contribution < -0.4 is 16.5 Å². The first kappa shape index (κ1) is 17.1. The van der Waals surface area contributed by atoms with E-state index in [0.717, 1.165) is 5.56 Å². The maximum atomic E-state index is 12.3. The molecule has 1 aromatic carbocycles. The Morgan fingerprint density at radius 2 is 1.92 bits per heavy atom. The van der Waals surface area contributed by atoms with Crippen LogP contribution in [0.4, 0.5) is 5.95 Å². The van der Waals surface area contributed by atoms with Gasteiger partial charge in [0, 0.05) is 30.4 Å². The second-order valence-electron chi connectivity index (χ2n) is 5.62. The number of hydrogen-bond donors (Lipinski definition) is 2. The van der Waals surface area contributed by atoms with E-state index in [1.165, 1.54) is 12.3 Å². The molecular weight excluding hydrogens is 338 g/mol. The lowest BCUT2D eigenvalue weighted by Gasteiger charge is -2.07. The number of aromatic nitrogens is 3. The largest absolute Gasteiger partial charge is 0.311 e. The average Bonchev–Trinajstić information content (AvgIpc) is 2.60. The predicted octanol–water partition coefficient (Wildman–Crippen LogP) is 1.17. The summed E-state index contributed by atoms with van der Waals surface area (Å²) in [5.41, 5.74) is 3.07. The molecule has 3 rings (SSSR count). The summed E-state index contributed by atoms with van der Waals surface area (Å²) in [6.07, 6.45) is 3.12. The van der Waals surface area contributed by atoms with E-state index in [1.807, 2.05) is 30.3 Å². The van der Waals surface area contributed by atoms with Gasteiger partial charge in [0.2, 0.25) is 0 Å². The van der Waals surface area contributed by atoms with Crippen molar-refractivity contribution < 1.29 is 5.03 Å². The fraction of sp³-hybridized carbons (Fsp3) is 0.118. The highest BCUT2D eigenvalue weighted by Gasteiger charge is 2.08. The van der Waals surface area contributed by atoms with Crippen LogP contribution in [0.5, 0.6) is 0 Å². The number of nitro groups is 1. The number of hydrazine groups is 1. The number of rotatable bonds is 6. The van der Waals surface area contributed by atoms with Crippen molar-refractivity contribution >= 4 is 5.95 Å². The molecule has 0 bridgehead atoms. The van der Waals surface area contributed by atoms with Gasteiger partial charge in [-0.3, -0.25) is 14.6 Å². The van der Waals surface area contributed by atoms with Crippen LogP contribution >= 0.6 is 0 Å². The SMILES string of the molecule is O=c1[nH]c(N[N+](=O)[O-])ncc1Cc1ccn(Cc2ccccc2)c(=O)c1. The quantitative estimate of drug-likeness (QED) is 0.507. The minimum atomic E-state index is -0.815. The van der Waals surface area contributed by atoms with Gasteiger partial charge in [0.25, 0.3) is 17.1 Å². The third-order valence-electron chi connectivity index (χ3n) is 3.72. The second-order valence-corrected chi connectivity index (χ2v) is 5.62. The molecule has 0 aliphatic carbocycles. The zero-order valence-electron chi connectivity index (χ0n) is 13.6. The normalized spacial score (nSPS) is 10.5. The number of nitrogens with one attached hydrogen (secondary N) is 2. The molecule has 0 spiro atoms. The minimum absolute atomic E-state index is 0.178.